The van der Waals surface area contributed by atoms with Crippen molar-refractivity contribution in [3.63, 3.8) is 0 Å². The first kappa shape index (κ1) is 12.6. The fraction of sp³-hybridized carbons (Fsp3) is 0.846. The molecule has 0 saturated heterocycles. The Morgan fingerprint density at radius 2 is 2.00 bits per heavy atom. The van der Waals surface area contributed by atoms with E-state index < -0.39 is 0 Å². The Labute approximate surface area is 104 Å². The molecule has 1 aromatic rings. The van der Waals surface area contributed by atoms with E-state index in [1.807, 2.05) is 0 Å². The van der Waals surface area contributed by atoms with E-state index in [1.54, 1.807) is 6.33 Å². The Morgan fingerprint density at radius 3 is 2.65 bits per heavy atom. The highest BCUT2D eigenvalue weighted by molar-refractivity contribution is 4.90. The topological polar surface area (TPSA) is 42.7 Å². The van der Waals surface area contributed by atoms with Gasteiger partial charge in [0.2, 0.25) is 0 Å². The molecular weight excluding hydrogens is 212 g/mol. The van der Waals surface area contributed by atoms with Crippen molar-refractivity contribution < 1.29 is 0 Å². The van der Waals surface area contributed by atoms with Crippen LogP contribution in [0, 0.1) is 11.8 Å². The van der Waals surface area contributed by atoms with Crippen LogP contribution < -0.4 is 5.32 Å². The number of nitrogens with one attached hydrogen (secondary N) is 1. The third-order valence-corrected chi connectivity index (χ3v) is 3.68. The van der Waals surface area contributed by atoms with E-state index >= 15 is 0 Å². The summed E-state index contributed by atoms with van der Waals surface area (Å²) in [6.07, 6.45) is 5.53. The average molecular weight is 236 g/mol. The van der Waals surface area contributed by atoms with Crippen LogP contribution in [-0.4, -0.2) is 21.3 Å². The number of hydrogen-bond acceptors (Lipinski definition) is 3. The van der Waals surface area contributed by atoms with Gasteiger partial charge >= 0.3 is 0 Å². The zero-order chi connectivity index (χ0) is 12.3. The van der Waals surface area contributed by atoms with Gasteiger partial charge in [-0.1, -0.05) is 20.8 Å². The summed E-state index contributed by atoms with van der Waals surface area (Å²) in [6, 6.07) is 0.546. The predicted molar refractivity (Wildman–Crippen MR) is 68.6 cm³/mol. The van der Waals surface area contributed by atoms with Gasteiger partial charge in [0.25, 0.3) is 0 Å². The smallest absolute Gasteiger partial charge is 0.141 e. The molecule has 17 heavy (non-hydrogen) atoms. The molecule has 1 heterocycles. The van der Waals surface area contributed by atoms with Crippen LogP contribution in [0.5, 0.6) is 0 Å². The van der Waals surface area contributed by atoms with Gasteiger partial charge in [0, 0.05) is 0 Å². The molecule has 1 N–H and O–H groups in total. The molecule has 1 saturated carbocycles. The summed E-state index contributed by atoms with van der Waals surface area (Å²) < 4.78 is 2.15. The molecule has 0 spiro atoms. The molecule has 4 heteroatoms. The summed E-state index contributed by atoms with van der Waals surface area (Å²) in [5, 5.41) is 7.76. The predicted octanol–water partition coefficient (Wildman–Crippen LogP) is 2.38. The molecule has 1 aliphatic carbocycles. The van der Waals surface area contributed by atoms with Gasteiger partial charge in [-0.05, 0) is 37.6 Å². The van der Waals surface area contributed by atoms with Gasteiger partial charge in [-0.2, -0.15) is 5.10 Å². The first-order valence-corrected chi connectivity index (χ1v) is 6.79. The van der Waals surface area contributed by atoms with Crippen molar-refractivity contribution >= 4 is 0 Å². The molecule has 1 aromatic heterocycles. The first-order chi connectivity index (χ1) is 8.20. The molecule has 1 aliphatic rings. The zero-order valence-electron chi connectivity index (χ0n) is 11.2. The second-order valence-electron chi connectivity index (χ2n) is 5.47. The molecule has 96 valence electrons. The van der Waals surface area contributed by atoms with Gasteiger partial charge in [-0.3, -0.25) is 0 Å². The van der Waals surface area contributed by atoms with Crippen LogP contribution in [0.2, 0.25) is 0 Å². The van der Waals surface area contributed by atoms with Crippen molar-refractivity contribution in [2.24, 2.45) is 11.8 Å². The lowest BCUT2D eigenvalue weighted by molar-refractivity contribution is 0.205. The third kappa shape index (κ3) is 3.06. The Balaban J connectivity index is 2.07. The minimum atomic E-state index is 0.546. The van der Waals surface area contributed by atoms with Crippen molar-refractivity contribution in [2.75, 3.05) is 6.54 Å². The molecule has 0 aliphatic heterocycles. The minimum Gasteiger partial charge on any atom is -0.310 e. The number of rotatable bonds is 4. The van der Waals surface area contributed by atoms with Crippen molar-refractivity contribution in [3.8, 4) is 0 Å². The quantitative estimate of drug-likeness (QED) is 0.873. The van der Waals surface area contributed by atoms with Gasteiger partial charge in [0.1, 0.15) is 12.2 Å². The highest BCUT2D eigenvalue weighted by atomic mass is 15.4. The first-order valence-electron chi connectivity index (χ1n) is 6.79. The molecule has 0 radical (unpaired) electrons. The Morgan fingerprint density at radius 1 is 1.29 bits per heavy atom. The van der Waals surface area contributed by atoms with Crippen LogP contribution in [0.25, 0.3) is 0 Å². The number of aromatic nitrogens is 3. The Kier molecular flexibility index (Phi) is 4.15. The maximum atomic E-state index is 4.43. The van der Waals surface area contributed by atoms with E-state index in [0.717, 1.165) is 30.7 Å². The molecule has 4 nitrogen and oxygen atoms in total. The molecule has 1 fully saturated rings. The average Bonchev–Trinajstić information content (AvgIpc) is 2.73. The summed E-state index contributed by atoms with van der Waals surface area (Å²) in [6.45, 7) is 8.62. The third-order valence-electron chi connectivity index (χ3n) is 3.68. The maximum Gasteiger partial charge on any atom is 0.141 e. The van der Waals surface area contributed by atoms with Crippen molar-refractivity contribution in [1.29, 1.82) is 0 Å². The lowest BCUT2D eigenvalue weighted by atomic mass is 9.80. The van der Waals surface area contributed by atoms with E-state index in [0.29, 0.717) is 6.04 Å². The summed E-state index contributed by atoms with van der Waals surface area (Å²) in [5.74, 6) is 2.69. The normalized spacial score (nSPS) is 29.5. The second-order valence-corrected chi connectivity index (χ2v) is 5.47. The van der Waals surface area contributed by atoms with Crippen LogP contribution in [0.15, 0.2) is 6.33 Å². The van der Waals surface area contributed by atoms with Crippen LogP contribution in [0.3, 0.4) is 0 Å². The molecule has 0 aromatic carbocycles. The summed E-state index contributed by atoms with van der Waals surface area (Å²) in [7, 11) is 0. The van der Waals surface area contributed by atoms with Gasteiger partial charge < -0.3 is 5.32 Å². The molecule has 2 atom stereocenters. The van der Waals surface area contributed by atoms with E-state index in [2.05, 4.69) is 40.9 Å². The number of nitrogens with zero attached hydrogens (tertiary/aromatic N) is 3. The van der Waals surface area contributed by atoms with E-state index in [4.69, 9.17) is 0 Å². The van der Waals surface area contributed by atoms with E-state index in [-0.39, 0.29) is 0 Å². The van der Waals surface area contributed by atoms with Gasteiger partial charge in [0.15, 0.2) is 0 Å². The van der Waals surface area contributed by atoms with Crippen molar-refractivity contribution in [2.45, 2.75) is 52.6 Å². The van der Waals surface area contributed by atoms with Crippen LogP contribution in [0.4, 0.5) is 0 Å². The minimum absolute atomic E-state index is 0.546. The van der Waals surface area contributed by atoms with Gasteiger partial charge in [0.05, 0.1) is 12.6 Å². The zero-order valence-corrected chi connectivity index (χ0v) is 11.2. The highest BCUT2D eigenvalue weighted by Crippen LogP contribution is 2.35. The van der Waals surface area contributed by atoms with E-state index in [9.17, 15) is 0 Å². The fourth-order valence-corrected chi connectivity index (χ4v) is 3.05. The fourth-order valence-electron chi connectivity index (χ4n) is 3.05. The molecular formula is C13H24N4. The lowest BCUT2D eigenvalue weighted by Crippen LogP contribution is -2.26. The Bertz CT molecular complexity index is 337. The van der Waals surface area contributed by atoms with Gasteiger partial charge in [-0.25, -0.2) is 9.67 Å². The van der Waals surface area contributed by atoms with Crippen molar-refractivity contribution in [1.82, 2.24) is 20.1 Å². The van der Waals surface area contributed by atoms with Crippen LogP contribution in [0.1, 0.15) is 51.9 Å². The summed E-state index contributed by atoms with van der Waals surface area (Å²) >= 11 is 0. The highest BCUT2D eigenvalue weighted by Gasteiger charge is 2.26. The maximum absolute atomic E-state index is 4.43. The van der Waals surface area contributed by atoms with E-state index in [1.165, 1.54) is 19.3 Å². The molecule has 2 rings (SSSR count). The van der Waals surface area contributed by atoms with Crippen LogP contribution in [-0.2, 0) is 6.54 Å². The van der Waals surface area contributed by atoms with Gasteiger partial charge in [-0.15, -0.1) is 0 Å². The second kappa shape index (κ2) is 5.63. The number of hydrogen-bond donors (Lipinski definition) is 1. The summed E-state index contributed by atoms with van der Waals surface area (Å²) in [5.41, 5.74) is 0. The molecule has 0 bridgehead atoms. The standard InChI is InChI=1S/C13H24N4/c1-4-14-8-13-15-9-16-17(13)12-6-10(2)5-11(3)7-12/h9-12,14H,4-8H2,1-3H3. The molecule has 2 unspecified atom stereocenters. The summed E-state index contributed by atoms with van der Waals surface area (Å²) in [4.78, 5) is 4.37. The van der Waals surface area contributed by atoms with Crippen molar-refractivity contribution in [3.05, 3.63) is 12.2 Å². The monoisotopic (exact) mass is 236 g/mol. The lowest BCUT2D eigenvalue weighted by Gasteiger charge is -2.32. The van der Waals surface area contributed by atoms with Crippen LogP contribution >= 0.6 is 0 Å². The largest absolute Gasteiger partial charge is 0.310 e. The molecule has 0 amide bonds. The Hall–Kier alpha value is -0.900. The SMILES string of the molecule is CCNCc1ncnn1C1CC(C)CC(C)C1.